The molecule has 0 radical (unpaired) electrons. The monoisotopic (exact) mass is 295 g/mol. The number of carboxylic acid groups (broad SMARTS) is 1. The zero-order valence-corrected chi connectivity index (χ0v) is 10.7. The Bertz CT molecular complexity index is 685. The first-order chi connectivity index (χ1) is 9.95. The standard InChI is InChI=1S/C13H11F2N3O3/c14-8-1-2-9(15)11(7-8)16-12(19)4-6-18-5-3-10(17-18)13(20)21/h1-3,5,7H,4,6H2,(H,16,19)(H,20,21). The topological polar surface area (TPSA) is 84.2 Å². The SMILES string of the molecule is O=C(CCn1ccc(C(=O)O)n1)Nc1cc(F)ccc1F. The lowest BCUT2D eigenvalue weighted by Crippen LogP contribution is -2.16. The molecule has 0 unspecified atom stereocenters. The number of rotatable bonds is 5. The van der Waals surface area contributed by atoms with Crippen molar-refractivity contribution >= 4 is 17.6 Å². The van der Waals surface area contributed by atoms with Gasteiger partial charge in [-0.2, -0.15) is 5.10 Å². The molecule has 0 aliphatic carbocycles. The van der Waals surface area contributed by atoms with E-state index in [1.807, 2.05) is 0 Å². The average molecular weight is 295 g/mol. The lowest BCUT2D eigenvalue weighted by molar-refractivity contribution is -0.116. The van der Waals surface area contributed by atoms with E-state index in [0.717, 1.165) is 18.2 Å². The van der Waals surface area contributed by atoms with Gasteiger partial charge >= 0.3 is 5.97 Å². The predicted octanol–water partition coefficient (Wildman–Crippen LogP) is 1.89. The van der Waals surface area contributed by atoms with Crippen molar-refractivity contribution in [1.82, 2.24) is 9.78 Å². The summed E-state index contributed by atoms with van der Waals surface area (Å²) in [4.78, 5) is 22.3. The third-order valence-corrected chi connectivity index (χ3v) is 2.63. The minimum absolute atomic E-state index is 0.0588. The molecule has 0 aliphatic heterocycles. The molecule has 1 amide bonds. The van der Waals surface area contributed by atoms with Gasteiger partial charge in [0.1, 0.15) is 11.6 Å². The average Bonchev–Trinajstić information content (AvgIpc) is 2.90. The number of aromatic nitrogens is 2. The maximum absolute atomic E-state index is 13.3. The van der Waals surface area contributed by atoms with Gasteiger partial charge in [0, 0.05) is 25.2 Å². The molecule has 0 fully saturated rings. The van der Waals surface area contributed by atoms with Crippen LogP contribution in [-0.2, 0) is 11.3 Å². The number of hydrogen-bond donors (Lipinski definition) is 2. The van der Waals surface area contributed by atoms with Crippen LogP contribution in [0.2, 0.25) is 0 Å². The molecule has 0 atom stereocenters. The first-order valence-corrected chi connectivity index (χ1v) is 5.97. The van der Waals surface area contributed by atoms with E-state index in [9.17, 15) is 18.4 Å². The lowest BCUT2D eigenvalue weighted by Gasteiger charge is -2.06. The van der Waals surface area contributed by atoms with Crippen molar-refractivity contribution in [3.63, 3.8) is 0 Å². The van der Waals surface area contributed by atoms with Crippen molar-refractivity contribution in [1.29, 1.82) is 0 Å². The second kappa shape index (κ2) is 6.12. The zero-order valence-electron chi connectivity index (χ0n) is 10.7. The Morgan fingerprint density at radius 1 is 1.29 bits per heavy atom. The number of carbonyl (C=O) groups is 2. The Labute approximate surface area is 118 Å². The fourth-order valence-electron chi connectivity index (χ4n) is 1.62. The van der Waals surface area contributed by atoms with Gasteiger partial charge in [-0.05, 0) is 18.2 Å². The van der Waals surface area contributed by atoms with Crippen LogP contribution in [-0.4, -0.2) is 26.8 Å². The van der Waals surface area contributed by atoms with Crippen LogP contribution in [0.25, 0.3) is 0 Å². The van der Waals surface area contributed by atoms with Crippen molar-refractivity contribution in [3.05, 3.63) is 47.8 Å². The number of halogens is 2. The van der Waals surface area contributed by atoms with Crippen molar-refractivity contribution in [2.45, 2.75) is 13.0 Å². The highest BCUT2D eigenvalue weighted by Gasteiger charge is 2.10. The highest BCUT2D eigenvalue weighted by atomic mass is 19.1. The molecule has 0 bridgehead atoms. The van der Waals surface area contributed by atoms with Crippen LogP contribution in [0.15, 0.2) is 30.5 Å². The number of carbonyl (C=O) groups excluding carboxylic acids is 1. The molecular formula is C13H11F2N3O3. The first-order valence-electron chi connectivity index (χ1n) is 5.97. The van der Waals surface area contributed by atoms with Crippen molar-refractivity contribution in [2.24, 2.45) is 0 Å². The number of nitrogens with zero attached hydrogens (tertiary/aromatic N) is 2. The molecule has 1 heterocycles. The summed E-state index contributed by atoms with van der Waals surface area (Å²) in [6.45, 7) is 0.121. The molecule has 2 aromatic rings. The second-order valence-electron chi connectivity index (χ2n) is 4.19. The maximum atomic E-state index is 13.3. The molecule has 8 heteroatoms. The molecule has 110 valence electrons. The number of nitrogens with one attached hydrogen (secondary N) is 1. The number of carboxylic acids is 1. The minimum atomic E-state index is -1.17. The third kappa shape index (κ3) is 3.85. The van der Waals surface area contributed by atoms with E-state index < -0.39 is 23.5 Å². The van der Waals surface area contributed by atoms with Crippen LogP contribution >= 0.6 is 0 Å². The maximum Gasteiger partial charge on any atom is 0.356 e. The highest BCUT2D eigenvalue weighted by molar-refractivity contribution is 5.90. The van der Waals surface area contributed by atoms with E-state index in [0.29, 0.717) is 0 Å². The largest absolute Gasteiger partial charge is 0.476 e. The number of amides is 1. The van der Waals surface area contributed by atoms with Crippen LogP contribution in [0.5, 0.6) is 0 Å². The quantitative estimate of drug-likeness (QED) is 0.882. The van der Waals surface area contributed by atoms with E-state index in [2.05, 4.69) is 10.4 Å². The first kappa shape index (κ1) is 14.6. The van der Waals surface area contributed by atoms with E-state index in [-0.39, 0.29) is 24.3 Å². The van der Waals surface area contributed by atoms with Crippen molar-refractivity contribution in [2.75, 3.05) is 5.32 Å². The number of benzene rings is 1. The lowest BCUT2D eigenvalue weighted by atomic mass is 10.3. The van der Waals surface area contributed by atoms with Gasteiger partial charge in [0.05, 0.1) is 5.69 Å². The summed E-state index contributed by atoms with van der Waals surface area (Å²) in [5.74, 6) is -3.10. The van der Waals surface area contributed by atoms with Gasteiger partial charge in [-0.3, -0.25) is 9.48 Å². The Hall–Kier alpha value is -2.77. The molecule has 0 aliphatic rings. The van der Waals surface area contributed by atoms with Crippen LogP contribution in [0, 0.1) is 11.6 Å². The van der Waals surface area contributed by atoms with Crippen LogP contribution in [0.1, 0.15) is 16.9 Å². The molecule has 2 rings (SSSR count). The van der Waals surface area contributed by atoms with Gasteiger partial charge in [-0.1, -0.05) is 0 Å². The van der Waals surface area contributed by atoms with Crippen molar-refractivity contribution in [3.8, 4) is 0 Å². The molecule has 6 nitrogen and oxygen atoms in total. The summed E-state index contributed by atoms with van der Waals surface area (Å²) >= 11 is 0. The number of hydrogen-bond acceptors (Lipinski definition) is 3. The molecule has 1 aromatic heterocycles. The third-order valence-electron chi connectivity index (χ3n) is 2.63. The molecule has 2 N–H and O–H groups in total. The molecule has 0 saturated carbocycles. The summed E-state index contributed by atoms with van der Waals surface area (Å²) in [5.41, 5.74) is -0.377. The van der Waals surface area contributed by atoms with Crippen LogP contribution < -0.4 is 5.32 Å². The van der Waals surface area contributed by atoms with Gasteiger partial charge in [0.25, 0.3) is 0 Å². The highest BCUT2D eigenvalue weighted by Crippen LogP contribution is 2.15. The zero-order chi connectivity index (χ0) is 15.4. The fraction of sp³-hybridized carbons (Fsp3) is 0.154. The Balaban J connectivity index is 1.92. The number of aryl methyl sites for hydroxylation is 1. The Kier molecular flexibility index (Phi) is 4.27. The van der Waals surface area contributed by atoms with E-state index in [4.69, 9.17) is 5.11 Å². The Morgan fingerprint density at radius 2 is 2.05 bits per heavy atom. The van der Waals surface area contributed by atoms with Gasteiger partial charge in [-0.25, -0.2) is 13.6 Å². The molecule has 0 spiro atoms. The van der Waals surface area contributed by atoms with Crippen molar-refractivity contribution < 1.29 is 23.5 Å². The summed E-state index contributed by atoms with van der Waals surface area (Å²) in [6, 6.07) is 4.04. The normalized spacial score (nSPS) is 10.4. The molecule has 0 saturated heterocycles. The van der Waals surface area contributed by atoms with E-state index in [1.54, 1.807) is 0 Å². The molecular weight excluding hydrogens is 284 g/mol. The minimum Gasteiger partial charge on any atom is -0.476 e. The Morgan fingerprint density at radius 3 is 2.71 bits per heavy atom. The fourth-order valence-corrected chi connectivity index (χ4v) is 1.62. The van der Waals surface area contributed by atoms with E-state index >= 15 is 0 Å². The summed E-state index contributed by atoms with van der Waals surface area (Å²) in [5, 5.41) is 14.7. The predicted molar refractivity (Wildman–Crippen MR) is 68.8 cm³/mol. The van der Waals surface area contributed by atoms with Crippen LogP contribution in [0.3, 0.4) is 0 Å². The van der Waals surface area contributed by atoms with E-state index in [1.165, 1.54) is 16.9 Å². The molecule has 21 heavy (non-hydrogen) atoms. The second-order valence-corrected chi connectivity index (χ2v) is 4.19. The summed E-state index contributed by atoms with van der Waals surface area (Å²) < 4.78 is 27.5. The summed E-state index contributed by atoms with van der Waals surface area (Å²) in [6.07, 6.45) is 1.36. The number of anilines is 1. The smallest absolute Gasteiger partial charge is 0.356 e. The summed E-state index contributed by atoms with van der Waals surface area (Å²) in [7, 11) is 0. The molecule has 1 aromatic carbocycles. The van der Waals surface area contributed by atoms with Gasteiger partial charge in [0.15, 0.2) is 5.69 Å². The van der Waals surface area contributed by atoms with Gasteiger partial charge in [0.2, 0.25) is 5.91 Å². The van der Waals surface area contributed by atoms with Gasteiger partial charge in [-0.15, -0.1) is 0 Å². The number of aromatic carboxylic acids is 1. The van der Waals surface area contributed by atoms with Crippen LogP contribution in [0.4, 0.5) is 14.5 Å². The van der Waals surface area contributed by atoms with Gasteiger partial charge < -0.3 is 10.4 Å².